The molecule has 1 amide bonds. The SMILES string of the molecule is Cl.O=C(CC1CCc2ccccc2C1)N[C@H]1CCCNC1. The topological polar surface area (TPSA) is 41.1 Å². The normalized spacial score (nSPS) is 24.6. The van der Waals surface area contributed by atoms with Gasteiger partial charge in [0.2, 0.25) is 5.91 Å². The molecule has 4 heteroatoms. The zero-order chi connectivity index (χ0) is 13.8. The summed E-state index contributed by atoms with van der Waals surface area (Å²) in [6.07, 6.45) is 6.30. The molecule has 1 aliphatic carbocycles. The summed E-state index contributed by atoms with van der Waals surface area (Å²) in [7, 11) is 0. The van der Waals surface area contributed by atoms with E-state index in [9.17, 15) is 4.79 Å². The molecular weight excluding hydrogens is 284 g/mol. The molecule has 21 heavy (non-hydrogen) atoms. The molecule has 1 aliphatic heterocycles. The largest absolute Gasteiger partial charge is 0.352 e. The van der Waals surface area contributed by atoms with Gasteiger partial charge in [-0.3, -0.25) is 4.79 Å². The molecule has 0 saturated carbocycles. The number of carbonyl (C=O) groups excluding carboxylic acids is 1. The highest BCUT2D eigenvalue weighted by atomic mass is 35.5. The highest BCUT2D eigenvalue weighted by molar-refractivity contribution is 5.85. The standard InChI is InChI=1S/C17H24N2O.ClH/c20-17(19-16-6-3-9-18-12-16)11-13-7-8-14-4-1-2-5-15(14)10-13;/h1-2,4-5,13,16,18H,3,6-12H2,(H,19,20);1H/t13?,16-;/m0./s1. The van der Waals surface area contributed by atoms with Crippen LogP contribution in [-0.4, -0.2) is 25.0 Å². The third-order valence-corrected chi connectivity index (χ3v) is 4.58. The van der Waals surface area contributed by atoms with Crippen LogP contribution >= 0.6 is 12.4 Å². The zero-order valence-corrected chi connectivity index (χ0v) is 13.3. The van der Waals surface area contributed by atoms with E-state index in [4.69, 9.17) is 0 Å². The molecular formula is C17H25ClN2O. The lowest BCUT2D eigenvalue weighted by Crippen LogP contribution is -2.46. The summed E-state index contributed by atoms with van der Waals surface area (Å²) in [5.74, 6) is 0.754. The first-order valence-corrected chi connectivity index (χ1v) is 7.88. The Balaban J connectivity index is 0.00000161. The Kier molecular flexibility index (Phi) is 6.07. The molecule has 0 radical (unpaired) electrons. The molecule has 1 unspecified atom stereocenters. The number of carbonyl (C=O) groups is 1. The van der Waals surface area contributed by atoms with Gasteiger partial charge in [0.15, 0.2) is 0 Å². The van der Waals surface area contributed by atoms with E-state index in [2.05, 4.69) is 34.9 Å². The Bertz CT molecular complexity index is 472. The summed E-state index contributed by atoms with van der Waals surface area (Å²) < 4.78 is 0. The quantitative estimate of drug-likeness (QED) is 0.900. The number of nitrogens with one attached hydrogen (secondary N) is 2. The van der Waals surface area contributed by atoms with Crippen LogP contribution in [0.5, 0.6) is 0 Å². The lowest BCUT2D eigenvalue weighted by molar-refractivity contribution is -0.122. The lowest BCUT2D eigenvalue weighted by Gasteiger charge is -2.27. The Morgan fingerprint density at radius 1 is 1.24 bits per heavy atom. The second kappa shape index (κ2) is 7.81. The average Bonchev–Trinajstić information content (AvgIpc) is 2.48. The minimum Gasteiger partial charge on any atom is -0.352 e. The van der Waals surface area contributed by atoms with E-state index in [0.29, 0.717) is 18.4 Å². The Labute approximate surface area is 133 Å². The minimum atomic E-state index is 0. The van der Waals surface area contributed by atoms with Gasteiger partial charge in [-0.05, 0) is 55.7 Å². The molecule has 0 spiro atoms. The molecule has 3 rings (SSSR count). The molecule has 1 aromatic rings. The number of benzene rings is 1. The van der Waals surface area contributed by atoms with Gasteiger partial charge in [0, 0.05) is 19.0 Å². The van der Waals surface area contributed by atoms with Crippen LogP contribution in [0.25, 0.3) is 0 Å². The fourth-order valence-corrected chi connectivity index (χ4v) is 3.47. The molecule has 0 bridgehead atoms. The van der Waals surface area contributed by atoms with E-state index in [1.54, 1.807) is 0 Å². The first-order chi connectivity index (χ1) is 9.81. The molecule has 2 atom stereocenters. The fraction of sp³-hybridized carbons (Fsp3) is 0.588. The van der Waals surface area contributed by atoms with E-state index in [1.165, 1.54) is 17.5 Å². The van der Waals surface area contributed by atoms with Crippen LogP contribution in [0.2, 0.25) is 0 Å². The predicted octanol–water partition coefficient (Wildman–Crippen LogP) is 2.47. The maximum absolute atomic E-state index is 12.2. The monoisotopic (exact) mass is 308 g/mol. The first kappa shape index (κ1) is 16.3. The van der Waals surface area contributed by atoms with Crippen molar-refractivity contribution in [3.8, 4) is 0 Å². The summed E-state index contributed by atoms with van der Waals surface area (Å²) in [6, 6.07) is 8.99. The maximum Gasteiger partial charge on any atom is 0.220 e. The maximum atomic E-state index is 12.2. The van der Waals surface area contributed by atoms with Gasteiger partial charge in [0.1, 0.15) is 0 Å². The molecule has 1 aromatic carbocycles. The van der Waals surface area contributed by atoms with E-state index in [1.807, 2.05) is 0 Å². The summed E-state index contributed by atoms with van der Waals surface area (Å²) in [5, 5.41) is 6.53. The van der Waals surface area contributed by atoms with Gasteiger partial charge in [-0.15, -0.1) is 12.4 Å². The molecule has 2 aliphatic rings. The Morgan fingerprint density at radius 3 is 2.81 bits per heavy atom. The molecule has 3 nitrogen and oxygen atoms in total. The van der Waals surface area contributed by atoms with Gasteiger partial charge >= 0.3 is 0 Å². The van der Waals surface area contributed by atoms with E-state index in [-0.39, 0.29) is 18.3 Å². The van der Waals surface area contributed by atoms with Crippen molar-refractivity contribution in [3.05, 3.63) is 35.4 Å². The Morgan fingerprint density at radius 2 is 2.05 bits per heavy atom. The van der Waals surface area contributed by atoms with Crippen molar-refractivity contribution in [1.82, 2.24) is 10.6 Å². The second-order valence-corrected chi connectivity index (χ2v) is 6.19. The van der Waals surface area contributed by atoms with Crippen molar-refractivity contribution >= 4 is 18.3 Å². The molecule has 1 heterocycles. The van der Waals surface area contributed by atoms with Crippen LogP contribution < -0.4 is 10.6 Å². The minimum absolute atomic E-state index is 0. The number of amides is 1. The molecule has 1 saturated heterocycles. The van der Waals surface area contributed by atoms with E-state index < -0.39 is 0 Å². The molecule has 1 fully saturated rings. The first-order valence-electron chi connectivity index (χ1n) is 7.88. The molecule has 116 valence electrons. The third kappa shape index (κ3) is 4.45. The van der Waals surface area contributed by atoms with Crippen molar-refractivity contribution in [2.45, 2.75) is 44.6 Å². The number of halogens is 1. The smallest absolute Gasteiger partial charge is 0.220 e. The van der Waals surface area contributed by atoms with E-state index in [0.717, 1.165) is 38.8 Å². The van der Waals surface area contributed by atoms with Gasteiger partial charge in [-0.2, -0.15) is 0 Å². The lowest BCUT2D eigenvalue weighted by atomic mass is 9.82. The number of aryl methyl sites for hydroxylation is 1. The van der Waals surface area contributed by atoms with Gasteiger partial charge in [-0.25, -0.2) is 0 Å². The van der Waals surface area contributed by atoms with Crippen LogP contribution in [0, 0.1) is 5.92 Å². The highest BCUT2D eigenvalue weighted by Gasteiger charge is 2.22. The number of hydrogen-bond donors (Lipinski definition) is 2. The third-order valence-electron chi connectivity index (χ3n) is 4.58. The molecule has 0 aromatic heterocycles. The number of hydrogen-bond acceptors (Lipinski definition) is 2. The average molecular weight is 309 g/mol. The fourth-order valence-electron chi connectivity index (χ4n) is 3.47. The molecule has 2 N–H and O–H groups in total. The summed E-state index contributed by atoms with van der Waals surface area (Å²) in [4.78, 5) is 12.2. The number of piperidine rings is 1. The number of fused-ring (bicyclic) bond motifs is 1. The van der Waals surface area contributed by atoms with Gasteiger partial charge in [-0.1, -0.05) is 24.3 Å². The van der Waals surface area contributed by atoms with Crippen LogP contribution in [0.1, 0.15) is 36.8 Å². The summed E-state index contributed by atoms with van der Waals surface area (Å²) in [5.41, 5.74) is 2.91. The van der Waals surface area contributed by atoms with Crippen LogP contribution in [-0.2, 0) is 17.6 Å². The van der Waals surface area contributed by atoms with Gasteiger partial charge < -0.3 is 10.6 Å². The predicted molar refractivity (Wildman–Crippen MR) is 87.9 cm³/mol. The van der Waals surface area contributed by atoms with Crippen molar-refractivity contribution in [2.75, 3.05) is 13.1 Å². The van der Waals surface area contributed by atoms with Crippen molar-refractivity contribution in [3.63, 3.8) is 0 Å². The van der Waals surface area contributed by atoms with Crippen molar-refractivity contribution in [1.29, 1.82) is 0 Å². The van der Waals surface area contributed by atoms with Gasteiger partial charge in [0.05, 0.1) is 0 Å². The van der Waals surface area contributed by atoms with Crippen molar-refractivity contribution in [2.24, 2.45) is 5.92 Å². The number of rotatable bonds is 3. The zero-order valence-electron chi connectivity index (χ0n) is 12.4. The highest BCUT2D eigenvalue weighted by Crippen LogP contribution is 2.27. The van der Waals surface area contributed by atoms with Crippen LogP contribution in [0.4, 0.5) is 0 Å². The van der Waals surface area contributed by atoms with Crippen LogP contribution in [0.3, 0.4) is 0 Å². The Hall–Kier alpha value is -1.06. The summed E-state index contributed by atoms with van der Waals surface area (Å²) in [6.45, 7) is 2.02. The van der Waals surface area contributed by atoms with E-state index >= 15 is 0 Å². The van der Waals surface area contributed by atoms with Crippen LogP contribution in [0.15, 0.2) is 24.3 Å². The van der Waals surface area contributed by atoms with Gasteiger partial charge in [0.25, 0.3) is 0 Å². The van der Waals surface area contributed by atoms with Crippen molar-refractivity contribution < 1.29 is 4.79 Å². The summed E-state index contributed by atoms with van der Waals surface area (Å²) >= 11 is 0. The second-order valence-electron chi connectivity index (χ2n) is 6.19.